The van der Waals surface area contributed by atoms with Gasteiger partial charge in [0.1, 0.15) is 5.84 Å². The van der Waals surface area contributed by atoms with Crippen molar-refractivity contribution in [2.75, 3.05) is 6.54 Å². The van der Waals surface area contributed by atoms with Crippen molar-refractivity contribution >= 4 is 12.2 Å². The Balaban J connectivity index is 2.94. The maximum Gasteiger partial charge on any atom is 0.107 e. The number of aliphatic imine (C=N–C) groups is 2. The third-order valence-corrected chi connectivity index (χ3v) is 2.08. The molecular formula is C11H19N3. The Kier molecular flexibility index (Phi) is 3.86. The maximum atomic E-state index is 4.55. The molecule has 0 saturated heterocycles. The standard InChI is InChI=1S/C11H19N3/c1-9(2)11-13-7-5-6-12-8-14(11)10(3)4/h5-6,8-10H,7H2,1-4H3/b6-5-,12-8-,13-11-. The van der Waals surface area contributed by atoms with Crippen LogP contribution in [0.4, 0.5) is 0 Å². The molecule has 0 aromatic rings. The van der Waals surface area contributed by atoms with Crippen molar-refractivity contribution in [3.8, 4) is 0 Å². The minimum absolute atomic E-state index is 0.409. The lowest BCUT2D eigenvalue weighted by Crippen LogP contribution is -2.39. The lowest BCUT2D eigenvalue weighted by atomic mass is 10.1. The van der Waals surface area contributed by atoms with E-state index in [4.69, 9.17) is 0 Å². The van der Waals surface area contributed by atoms with Crippen molar-refractivity contribution in [3.63, 3.8) is 0 Å². The molecule has 14 heavy (non-hydrogen) atoms. The van der Waals surface area contributed by atoms with E-state index in [0.29, 0.717) is 12.0 Å². The molecule has 1 heterocycles. The van der Waals surface area contributed by atoms with E-state index in [1.807, 2.05) is 12.4 Å². The average Bonchev–Trinajstić information content (AvgIpc) is 2.01. The molecule has 0 bridgehead atoms. The average molecular weight is 193 g/mol. The Morgan fingerprint density at radius 3 is 2.57 bits per heavy atom. The van der Waals surface area contributed by atoms with Gasteiger partial charge in [0, 0.05) is 18.2 Å². The van der Waals surface area contributed by atoms with Crippen LogP contribution in [-0.2, 0) is 0 Å². The van der Waals surface area contributed by atoms with E-state index in [2.05, 4.69) is 42.6 Å². The second-order valence-corrected chi connectivity index (χ2v) is 4.00. The van der Waals surface area contributed by atoms with Gasteiger partial charge < -0.3 is 4.90 Å². The third-order valence-electron chi connectivity index (χ3n) is 2.08. The predicted molar refractivity (Wildman–Crippen MR) is 61.7 cm³/mol. The van der Waals surface area contributed by atoms with Crippen LogP contribution >= 0.6 is 0 Å². The summed E-state index contributed by atoms with van der Waals surface area (Å²) in [7, 11) is 0. The molecule has 0 fully saturated rings. The van der Waals surface area contributed by atoms with Crippen LogP contribution in [0.15, 0.2) is 22.3 Å². The summed E-state index contributed by atoms with van der Waals surface area (Å²) in [5.74, 6) is 1.56. The highest BCUT2D eigenvalue weighted by molar-refractivity contribution is 5.93. The van der Waals surface area contributed by atoms with Gasteiger partial charge >= 0.3 is 0 Å². The Hall–Kier alpha value is -1.12. The molecule has 0 unspecified atom stereocenters. The summed E-state index contributed by atoms with van der Waals surface area (Å²) in [5, 5.41) is 0. The molecule has 78 valence electrons. The Bertz CT molecular complexity index is 262. The number of hydrogen-bond donors (Lipinski definition) is 0. The first kappa shape index (κ1) is 11.0. The Morgan fingerprint density at radius 1 is 1.29 bits per heavy atom. The summed E-state index contributed by atoms with van der Waals surface area (Å²) in [6.45, 7) is 9.35. The fourth-order valence-corrected chi connectivity index (χ4v) is 1.38. The second-order valence-electron chi connectivity index (χ2n) is 4.00. The number of hydrogen-bond acceptors (Lipinski definition) is 3. The van der Waals surface area contributed by atoms with Gasteiger partial charge in [-0.25, -0.2) is 4.99 Å². The molecule has 3 heteroatoms. The quantitative estimate of drug-likeness (QED) is 0.661. The highest BCUT2D eigenvalue weighted by Gasteiger charge is 2.16. The van der Waals surface area contributed by atoms with Crippen molar-refractivity contribution in [3.05, 3.63) is 12.3 Å². The normalized spacial score (nSPS) is 25.6. The molecule has 1 aliphatic heterocycles. The first-order valence-corrected chi connectivity index (χ1v) is 5.14. The van der Waals surface area contributed by atoms with Gasteiger partial charge in [0.2, 0.25) is 0 Å². The van der Waals surface area contributed by atoms with Gasteiger partial charge in [-0.05, 0) is 19.9 Å². The molecule has 0 aromatic heterocycles. The minimum atomic E-state index is 0.409. The molecule has 1 aliphatic rings. The van der Waals surface area contributed by atoms with Crippen LogP contribution in [0.3, 0.4) is 0 Å². The zero-order valence-electron chi connectivity index (χ0n) is 9.44. The largest absolute Gasteiger partial charge is 0.318 e. The fraction of sp³-hybridized carbons (Fsp3) is 0.636. The van der Waals surface area contributed by atoms with E-state index in [1.54, 1.807) is 6.20 Å². The van der Waals surface area contributed by atoms with Crippen LogP contribution in [-0.4, -0.2) is 29.7 Å². The van der Waals surface area contributed by atoms with Crippen LogP contribution in [0, 0.1) is 5.92 Å². The first-order valence-electron chi connectivity index (χ1n) is 5.14. The van der Waals surface area contributed by atoms with Crippen molar-refractivity contribution < 1.29 is 0 Å². The summed E-state index contributed by atoms with van der Waals surface area (Å²) in [6, 6.07) is 0.409. The predicted octanol–water partition coefficient (Wildman–Crippen LogP) is 2.31. The maximum absolute atomic E-state index is 4.55. The smallest absolute Gasteiger partial charge is 0.107 e. The molecule has 0 N–H and O–H groups in total. The van der Waals surface area contributed by atoms with Gasteiger partial charge in [-0.15, -0.1) is 0 Å². The highest BCUT2D eigenvalue weighted by atomic mass is 15.2. The van der Waals surface area contributed by atoms with Gasteiger partial charge in [-0.2, -0.15) is 0 Å². The molecule has 0 atom stereocenters. The Labute approximate surface area is 86.2 Å². The first-order chi connectivity index (χ1) is 6.63. The summed E-state index contributed by atoms with van der Waals surface area (Å²) in [5.41, 5.74) is 0. The van der Waals surface area contributed by atoms with Gasteiger partial charge in [0.15, 0.2) is 0 Å². The monoisotopic (exact) mass is 193 g/mol. The van der Waals surface area contributed by atoms with Crippen LogP contribution in [0.25, 0.3) is 0 Å². The van der Waals surface area contributed by atoms with Crippen LogP contribution in [0.1, 0.15) is 27.7 Å². The molecule has 0 radical (unpaired) electrons. The molecule has 0 aromatic carbocycles. The van der Waals surface area contributed by atoms with Crippen molar-refractivity contribution in [2.45, 2.75) is 33.7 Å². The molecule has 0 aliphatic carbocycles. The second kappa shape index (κ2) is 4.94. The summed E-state index contributed by atoms with van der Waals surface area (Å²) in [6.07, 6.45) is 5.63. The SMILES string of the molecule is CC(C)/C1=N/C/C=C\N=C/N1C(C)C. The van der Waals surface area contributed by atoms with Gasteiger partial charge in [-0.1, -0.05) is 13.8 Å². The van der Waals surface area contributed by atoms with Crippen LogP contribution < -0.4 is 0 Å². The molecular weight excluding hydrogens is 174 g/mol. The van der Waals surface area contributed by atoms with E-state index in [9.17, 15) is 0 Å². The molecule has 0 spiro atoms. The molecule has 3 nitrogen and oxygen atoms in total. The van der Waals surface area contributed by atoms with Gasteiger partial charge in [-0.3, -0.25) is 4.99 Å². The van der Waals surface area contributed by atoms with E-state index < -0.39 is 0 Å². The minimum Gasteiger partial charge on any atom is -0.318 e. The zero-order valence-corrected chi connectivity index (χ0v) is 9.44. The summed E-state index contributed by atoms with van der Waals surface area (Å²) >= 11 is 0. The van der Waals surface area contributed by atoms with Crippen LogP contribution in [0.5, 0.6) is 0 Å². The van der Waals surface area contributed by atoms with Gasteiger partial charge in [0.05, 0.1) is 12.9 Å². The van der Waals surface area contributed by atoms with E-state index >= 15 is 0 Å². The Morgan fingerprint density at radius 2 is 2.00 bits per heavy atom. The van der Waals surface area contributed by atoms with Crippen molar-refractivity contribution in [1.82, 2.24) is 4.90 Å². The molecule has 1 rings (SSSR count). The van der Waals surface area contributed by atoms with E-state index in [0.717, 1.165) is 12.4 Å². The highest BCUT2D eigenvalue weighted by Crippen LogP contribution is 2.08. The molecule has 0 saturated carbocycles. The van der Waals surface area contributed by atoms with E-state index in [1.165, 1.54) is 0 Å². The van der Waals surface area contributed by atoms with Crippen LogP contribution in [0.2, 0.25) is 0 Å². The van der Waals surface area contributed by atoms with Gasteiger partial charge in [0.25, 0.3) is 0 Å². The van der Waals surface area contributed by atoms with Crippen molar-refractivity contribution in [2.24, 2.45) is 15.9 Å². The topological polar surface area (TPSA) is 28.0 Å². The van der Waals surface area contributed by atoms with E-state index in [-0.39, 0.29) is 0 Å². The lowest BCUT2D eigenvalue weighted by Gasteiger charge is -2.28. The zero-order chi connectivity index (χ0) is 10.6. The number of amidine groups is 1. The van der Waals surface area contributed by atoms with Crippen molar-refractivity contribution in [1.29, 1.82) is 0 Å². The number of nitrogens with zero attached hydrogens (tertiary/aromatic N) is 3. The summed E-state index contributed by atoms with van der Waals surface area (Å²) < 4.78 is 0. The third kappa shape index (κ3) is 2.69. The molecule has 0 amide bonds. The fourth-order valence-electron chi connectivity index (χ4n) is 1.38. The lowest BCUT2D eigenvalue weighted by molar-refractivity contribution is 0.485. The number of rotatable bonds is 2. The summed E-state index contributed by atoms with van der Waals surface area (Å²) in [4.78, 5) is 10.9.